The fraction of sp³-hybridized carbons (Fsp3) is 0.200. The zero-order valence-corrected chi connectivity index (χ0v) is 16.2. The van der Waals surface area contributed by atoms with Crippen LogP contribution in [0.1, 0.15) is 18.9 Å². The molecule has 0 aliphatic rings. The zero-order valence-electron chi connectivity index (χ0n) is 15.4. The second-order valence-electron chi connectivity index (χ2n) is 6.11. The lowest BCUT2D eigenvalue weighted by Crippen LogP contribution is -2.23. The molecule has 0 spiro atoms. The van der Waals surface area contributed by atoms with Crippen LogP contribution >= 0.6 is 0 Å². The van der Waals surface area contributed by atoms with Gasteiger partial charge in [-0.05, 0) is 28.8 Å². The van der Waals surface area contributed by atoms with Crippen molar-refractivity contribution in [3.8, 4) is 0 Å². The van der Waals surface area contributed by atoms with Crippen molar-refractivity contribution in [1.29, 1.82) is 5.39 Å². The van der Waals surface area contributed by atoms with E-state index < -0.39 is 10.4 Å². The highest BCUT2D eigenvalue weighted by Crippen LogP contribution is 2.26. The van der Waals surface area contributed by atoms with Gasteiger partial charge in [0.15, 0.2) is 4.98 Å². The molecule has 0 bridgehead atoms. The van der Waals surface area contributed by atoms with Crippen molar-refractivity contribution in [3.63, 3.8) is 0 Å². The van der Waals surface area contributed by atoms with Crippen molar-refractivity contribution in [1.82, 2.24) is 0 Å². The molecule has 0 saturated carbocycles. The van der Waals surface area contributed by atoms with Gasteiger partial charge < -0.3 is 9.45 Å². The number of fused-ring (bicyclic) bond motifs is 1. The summed E-state index contributed by atoms with van der Waals surface area (Å²) in [7, 11) is -4.92. The number of benzene rings is 3. The molecule has 3 aromatic carbocycles. The zero-order chi connectivity index (χ0) is 20.6. The molecule has 8 heteroatoms. The summed E-state index contributed by atoms with van der Waals surface area (Å²) in [6.07, 6.45) is 1.06. The first-order valence-corrected chi connectivity index (χ1v) is 10.0. The van der Waals surface area contributed by atoms with Crippen LogP contribution in [0.15, 0.2) is 66.7 Å². The van der Waals surface area contributed by atoms with E-state index in [1.165, 1.54) is 16.3 Å². The molecule has 3 rings (SSSR count). The summed E-state index contributed by atoms with van der Waals surface area (Å²) in [6.45, 7) is 3.97. The average molecular weight is 399 g/mol. The molecule has 7 nitrogen and oxygen atoms in total. The van der Waals surface area contributed by atoms with Gasteiger partial charge in [0, 0.05) is 24.8 Å². The largest absolute Gasteiger partial charge is 0.726 e. The SMILES string of the molecule is CCCN(Cc1cccc2ccccc12)c1cccc([N+]#N)c1.O=S(=O)([O-])O. The molecule has 0 aromatic heterocycles. The first-order chi connectivity index (χ1) is 13.3. The van der Waals surface area contributed by atoms with Crippen LogP contribution in [-0.2, 0) is 16.9 Å². The van der Waals surface area contributed by atoms with E-state index in [1.54, 1.807) is 6.07 Å². The minimum absolute atomic E-state index is 0.585. The van der Waals surface area contributed by atoms with Crippen molar-refractivity contribution < 1.29 is 17.5 Å². The maximum atomic E-state index is 9.01. The van der Waals surface area contributed by atoms with Gasteiger partial charge in [-0.2, -0.15) is 0 Å². The van der Waals surface area contributed by atoms with E-state index in [9.17, 15) is 0 Å². The van der Waals surface area contributed by atoms with Crippen LogP contribution in [0.5, 0.6) is 0 Å². The first-order valence-electron chi connectivity index (χ1n) is 8.67. The smallest absolute Gasteiger partial charge is 0.387 e. The van der Waals surface area contributed by atoms with Crippen LogP contribution in [0.4, 0.5) is 11.4 Å². The van der Waals surface area contributed by atoms with Crippen molar-refractivity contribution in [3.05, 3.63) is 77.3 Å². The molecule has 0 aliphatic heterocycles. The summed E-state index contributed by atoms with van der Waals surface area (Å²) in [6, 6.07) is 22.6. The van der Waals surface area contributed by atoms with E-state index in [4.69, 9.17) is 22.9 Å². The summed E-state index contributed by atoms with van der Waals surface area (Å²) < 4.78 is 32.8. The van der Waals surface area contributed by atoms with E-state index in [1.807, 2.05) is 12.1 Å². The molecule has 3 aromatic rings. The van der Waals surface area contributed by atoms with E-state index in [0.29, 0.717) is 5.69 Å². The Hall–Kier alpha value is -2.99. The second-order valence-corrected chi connectivity index (χ2v) is 6.96. The molecule has 0 heterocycles. The third-order valence-corrected chi connectivity index (χ3v) is 4.05. The minimum Gasteiger partial charge on any atom is -0.726 e. The van der Waals surface area contributed by atoms with E-state index in [0.717, 1.165) is 25.2 Å². The van der Waals surface area contributed by atoms with E-state index in [-0.39, 0.29) is 0 Å². The summed E-state index contributed by atoms with van der Waals surface area (Å²) >= 11 is 0. The van der Waals surface area contributed by atoms with Gasteiger partial charge >= 0.3 is 5.69 Å². The molecule has 0 amide bonds. The summed E-state index contributed by atoms with van der Waals surface area (Å²) in [5, 5.41) is 11.6. The fourth-order valence-electron chi connectivity index (χ4n) is 2.96. The minimum atomic E-state index is -4.92. The Balaban J connectivity index is 0.000000500. The quantitative estimate of drug-likeness (QED) is 0.377. The fourth-order valence-corrected chi connectivity index (χ4v) is 2.96. The van der Waals surface area contributed by atoms with E-state index in [2.05, 4.69) is 65.3 Å². The number of anilines is 1. The molecule has 28 heavy (non-hydrogen) atoms. The Bertz CT molecular complexity index is 1060. The standard InChI is InChI=1S/C20H20N3.H2O4S/c1-2-13-23(19-11-6-10-18(14-19)22-21)15-17-9-5-8-16-7-3-4-12-20(16)17;1-5(2,3)4/h3-12,14H,2,13,15H2,1H3;(H2,1,2,3,4)/q+1;/p-1. The Labute approximate surface area is 164 Å². The number of hydrogen-bond donors (Lipinski definition) is 1. The predicted octanol–water partition coefficient (Wildman–Crippen LogP) is 4.75. The van der Waals surface area contributed by atoms with Crippen LogP contribution in [0.25, 0.3) is 15.7 Å². The van der Waals surface area contributed by atoms with Crippen LogP contribution < -0.4 is 4.90 Å². The molecule has 0 atom stereocenters. The molecule has 146 valence electrons. The lowest BCUT2D eigenvalue weighted by Gasteiger charge is -2.24. The number of diazo groups is 1. The molecule has 1 N–H and O–H groups in total. The summed E-state index contributed by atoms with van der Waals surface area (Å²) in [4.78, 5) is 5.63. The molecule has 0 radical (unpaired) electrons. The van der Waals surface area contributed by atoms with Crippen molar-refractivity contribution in [2.45, 2.75) is 19.9 Å². The molecule has 0 unspecified atom stereocenters. The Morgan fingerprint density at radius 3 is 2.39 bits per heavy atom. The lowest BCUT2D eigenvalue weighted by molar-refractivity contribution is 0.366. The third kappa shape index (κ3) is 6.63. The summed E-state index contributed by atoms with van der Waals surface area (Å²) in [5.74, 6) is 0. The van der Waals surface area contributed by atoms with Crippen LogP contribution in [0.3, 0.4) is 0 Å². The van der Waals surface area contributed by atoms with Crippen LogP contribution in [0, 0.1) is 5.39 Å². The molecular weight excluding hydrogens is 378 g/mol. The lowest BCUT2D eigenvalue weighted by atomic mass is 10.0. The molecule has 0 aliphatic carbocycles. The maximum Gasteiger partial charge on any atom is 0.387 e. The van der Waals surface area contributed by atoms with Gasteiger partial charge in [-0.1, -0.05) is 55.5 Å². The Morgan fingerprint density at radius 1 is 1.07 bits per heavy atom. The van der Waals surface area contributed by atoms with Gasteiger partial charge in [0.05, 0.1) is 6.07 Å². The maximum absolute atomic E-state index is 9.01. The normalized spacial score (nSPS) is 10.6. The van der Waals surface area contributed by atoms with Gasteiger partial charge in [0.25, 0.3) is 0 Å². The summed E-state index contributed by atoms with van der Waals surface area (Å²) in [5.41, 5.74) is 2.97. The van der Waals surface area contributed by atoms with Crippen LogP contribution in [-0.4, -0.2) is 24.1 Å². The molecule has 0 saturated heterocycles. The molecular formula is C20H21N3O4S. The topological polar surface area (TPSA) is 109 Å². The van der Waals surface area contributed by atoms with Crippen molar-refractivity contribution in [2.75, 3.05) is 11.4 Å². The van der Waals surface area contributed by atoms with Gasteiger partial charge in [-0.3, -0.25) is 4.55 Å². The van der Waals surface area contributed by atoms with E-state index >= 15 is 0 Å². The van der Waals surface area contributed by atoms with Gasteiger partial charge in [0.2, 0.25) is 15.8 Å². The Kier molecular flexibility index (Phi) is 7.46. The Morgan fingerprint density at radius 2 is 1.71 bits per heavy atom. The number of rotatable bonds is 5. The third-order valence-electron chi connectivity index (χ3n) is 4.05. The van der Waals surface area contributed by atoms with Crippen molar-refractivity contribution >= 4 is 32.5 Å². The van der Waals surface area contributed by atoms with Crippen molar-refractivity contribution in [2.24, 2.45) is 0 Å². The highest BCUT2D eigenvalue weighted by molar-refractivity contribution is 7.79. The predicted molar refractivity (Wildman–Crippen MR) is 109 cm³/mol. The monoisotopic (exact) mass is 399 g/mol. The van der Waals surface area contributed by atoms with Gasteiger partial charge in [-0.25, -0.2) is 8.42 Å². The number of hydrogen-bond acceptors (Lipinski definition) is 5. The van der Waals surface area contributed by atoms with Gasteiger partial charge in [-0.15, -0.1) is 0 Å². The first kappa shape index (κ1) is 21.3. The van der Waals surface area contributed by atoms with Gasteiger partial charge in [0.1, 0.15) is 0 Å². The molecule has 0 fully saturated rings. The average Bonchev–Trinajstić information content (AvgIpc) is 2.66. The van der Waals surface area contributed by atoms with Crippen LogP contribution in [0.2, 0.25) is 0 Å². The number of nitrogens with zero attached hydrogens (tertiary/aromatic N) is 3. The highest BCUT2D eigenvalue weighted by Gasteiger charge is 2.12. The second kappa shape index (κ2) is 9.80. The highest BCUT2D eigenvalue weighted by atomic mass is 32.3.